The smallest absolute Gasteiger partial charge is 0.237 e. The molecule has 80 valence electrons. The minimum atomic E-state index is -0.230. The summed E-state index contributed by atoms with van der Waals surface area (Å²) < 4.78 is 0. The van der Waals surface area contributed by atoms with E-state index in [0.717, 1.165) is 0 Å². The van der Waals surface area contributed by atoms with Crippen molar-refractivity contribution in [3.05, 3.63) is 10.6 Å². The molecule has 1 aromatic rings. The zero-order chi connectivity index (χ0) is 11.0. The van der Waals surface area contributed by atoms with Crippen molar-refractivity contribution in [2.24, 2.45) is 0 Å². The van der Waals surface area contributed by atoms with Gasteiger partial charge in [-0.05, 0) is 23.2 Å². The van der Waals surface area contributed by atoms with Crippen LogP contribution in [-0.4, -0.2) is 32.8 Å². The third-order valence-corrected chi connectivity index (χ3v) is 2.52. The number of hydrogen-bond acceptors (Lipinski definition) is 4. The van der Waals surface area contributed by atoms with Gasteiger partial charge in [0, 0.05) is 13.0 Å². The molecule has 1 amide bonds. The molecule has 1 aliphatic rings. The molecule has 1 atom stereocenters. The number of alkyl halides is 1. The molecule has 15 heavy (non-hydrogen) atoms. The van der Waals surface area contributed by atoms with Crippen LogP contribution in [0.2, 0.25) is 10.6 Å². The Labute approximate surface area is 100 Å². The molecule has 0 bridgehead atoms. The van der Waals surface area contributed by atoms with Gasteiger partial charge >= 0.3 is 0 Å². The lowest BCUT2D eigenvalue weighted by molar-refractivity contribution is -0.117. The first-order valence-electron chi connectivity index (χ1n) is 4.08. The number of anilines is 1. The van der Waals surface area contributed by atoms with Crippen LogP contribution in [0.25, 0.3) is 0 Å². The van der Waals surface area contributed by atoms with E-state index >= 15 is 0 Å². The summed E-state index contributed by atoms with van der Waals surface area (Å²) in [6.07, 6.45) is 0.266. The highest BCUT2D eigenvalue weighted by atomic mass is 35.5. The maximum absolute atomic E-state index is 11.5. The second-order valence-corrected chi connectivity index (χ2v) is 4.27. The second-order valence-electron chi connectivity index (χ2n) is 2.98. The molecular weight excluding hydrogens is 262 g/mol. The molecule has 8 heteroatoms. The van der Waals surface area contributed by atoms with Gasteiger partial charge < -0.3 is 0 Å². The molecule has 2 rings (SSSR count). The zero-order valence-corrected chi connectivity index (χ0v) is 9.59. The number of carbonyl (C=O) groups excluding carboxylic acids is 1. The summed E-state index contributed by atoms with van der Waals surface area (Å²) in [6.45, 7) is 0.358. The summed E-state index contributed by atoms with van der Waals surface area (Å²) in [4.78, 5) is 24.0. The third kappa shape index (κ3) is 2.30. The summed E-state index contributed by atoms with van der Waals surface area (Å²) >= 11 is 17.0. The highest BCUT2D eigenvalue weighted by molar-refractivity contribution is 6.31. The van der Waals surface area contributed by atoms with Gasteiger partial charge in [0.15, 0.2) is 0 Å². The number of amides is 1. The average Bonchev–Trinajstić information content (AvgIpc) is 2.43. The van der Waals surface area contributed by atoms with Crippen molar-refractivity contribution in [2.75, 3.05) is 11.4 Å². The SMILES string of the molecule is O=C1CC(Cl)CN1c1nc(Cl)nc(Cl)n1. The predicted octanol–water partition coefficient (Wildman–Crippen LogP) is 1.52. The first-order valence-corrected chi connectivity index (χ1v) is 5.27. The molecule has 0 saturated carbocycles. The Kier molecular flexibility index (Phi) is 2.95. The van der Waals surface area contributed by atoms with Crippen molar-refractivity contribution in [3.63, 3.8) is 0 Å². The Morgan fingerprint density at radius 3 is 2.27 bits per heavy atom. The van der Waals surface area contributed by atoms with Crippen LogP contribution < -0.4 is 4.90 Å². The molecule has 5 nitrogen and oxygen atoms in total. The van der Waals surface area contributed by atoms with Gasteiger partial charge in [-0.3, -0.25) is 9.69 Å². The van der Waals surface area contributed by atoms with Gasteiger partial charge in [-0.1, -0.05) is 0 Å². The molecule has 1 aromatic heterocycles. The molecule has 0 N–H and O–H groups in total. The van der Waals surface area contributed by atoms with Crippen LogP contribution in [0, 0.1) is 0 Å². The van der Waals surface area contributed by atoms with Gasteiger partial charge in [0.25, 0.3) is 0 Å². The van der Waals surface area contributed by atoms with Crippen LogP contribution in [0.1, 0.15) is 6.42 Å². The summed E-state index contributed by atoms with van der Waals surface area (Å²) in [5.41, 5.74) is 0. The lowest BCUT2D eigenvalue weighted by Crippen LogP contribution is -2.27. The Bertz CT molecular complexity index is 393. The fraction of sp³-hybridized carbons (Fsp3) is 0.429. The average molecular weight is 268 g/mol. The van der Waals surface area contributed by atoms with Gasteiger partial charge in [0.2, 0.25) is 22.4 Å². The van der Waals surface area contributed by atoms with Gasteiger partial charge in [-0.2, -0.15) is 15.0 Å². The second kappa shape index (κ2) is 4.08. The van der Waals surface area contributed by atoms with Crippen molar-refractivity contribution in [3.8, 4) is 0 Å². The number of aromatic nitrogens is 3. The van der Waals surface area contributed by atoms with Crippen molar-refractivity contribution < 1.29 is 4.79 Å². The van der Waals surface area contributed by atoms with E-state index < -0.39 is 0 Å². The maximum Gasteiger partial charge on any atom is 0.237 e. The van der Waals surface area contributed by atoms with Crippen molar-refractivity contribution in [1.29, 1.82) is 0 Å². The Morgan fingerprint density at radius 1 is 1.20 bits per heavy atom. The fourth-order valence-corrected chi connectivity index (χ4v) is 1.92. The molecule has 1 unspecified atom stereocenters. The van der Waals surface area contributed by atoms with Crippen LogP contribution in [0.5, 0.6) is 0 Å². The van der Waals surface area contributed by atoms with E-state index in [0.29, 0.717) is 6.54 Å². The number of rotatable bonds is 1. The van der Waals surface area contributed by atoms with Crippen molar-refractivity contribution >= 4 is 46.7 Å². The predicted molar refractivity (Wildman–Crippen MR) is 56.5 cm³/mol. The van der Waals surface area contributed by atoms with Crippen molar-refractivity contribution in [1.82, 2.24) is 15.0 Å². The molecule has 0 radical (unpaired) electrons. The van der Waals surface area contributed by atoms with E-state index in [-0.39, 0.29) is 34.2 Å². The van der Waals surface area contributed by atoms with E-state index in [1.165, 1.54) is 4.90 Å². The Morgan fingerprint density at radius 2 is 1.80 bits per heavy atom. The van der Waals surface area contributed by atoms with E-state index in [1.807, 2.05) is 0 Å². The molecule has 1 fully saturated rings. The maximum atomic E-state index is 11.5. The monoisotopic (exact) mass is 266 g/mol. The van der Waals surface area contributed by atoms with Gasteiger partial charge in [-0.25, -0.2) is 0 Å². The normalized spacial score (nSPS) is 21.1. The lowest BCUT2D eigenvalue weighted by Gasteiger charge is -2.12. The van der Waals surface area contributed by atoms with Crippen LogP contribution in [0.3, 0.4) is 0 Å². The number of carbonyl (C=O) groups is 1. The van der Waals surface area contributed by atoms with Crippen LogP contribution in [0.4, 0.5) is 5.95 Å². The van der Waals surface area contributed by atoms with Gasteiger partial charge in [0.05, 0.1) is 5.38 Å². The Hall–Kier alpha value is -0.650. The highest BCUT2D eigenvalue weighted by Gasteiger charge is 2.31. The van der Waals surface area contributed by atoms with Crippen molar-refractivity contribution in [2.45, 2.75) is 11.8 Å². The molecule has 0 aromatic carbocycles. The molecule has 1 saturated heterocycles. The molecule has 1 aliphatic heterocycles. The first-order chi connectivity index (χ1) is 7.06. The van der Waals surface area contributed by atoms with E-state index in [4.69, 9.17) is 34.8 Å². The number of halogens is 3. The zero-order valence-electron chi connectivity index (χ0n) is 7.32. The minimum absolute atomic E-state index is 0.0455. The van der Waals surface area contributed by atoms with E-state index in [2.05, 4.69) is 15.0 Å². The van der Waals surface area contributed by atoms with Crippen LogP contribution in [-0.2, 0) is 4.79 Å². The number of nitrogens with zero attached hydrogens (tertiary/aromatic N) is 4. The van der Waals surface area contributed by atoms with Gasteiger partial charge in [0.1, 0.15) is 0 Å². The largest absolute Gasteiger partial charge is 0.279 e. The number of hydrogen-bond donors (Lipinski definition) is 0. The van der Waals surface area contributed by atoms with Gasteiger partial charge in [-0.15, -0.1) is 11.6 Å². The van der Waals surface area contributed by atoms with E-state index in [1.54, 1.807) is 0 Å². The third-order valence-electron chi connectivity index (χ3n) is 1.89. The molecule has 2 heterocycles. The topological polar surface area (TPSA) is 59.0 Å². The summed E-state index contributed by atoms with van der Waals surface area (Å²) in [6, 6.07) is 0. The molecule has 0 aliphatic carbocycles. The Balaban J connectivity index is 2.33. The standard InChI is InChI=1S/C7H5Cl3N4O/c8-3-1-4(15)14(2-3)7-12-5(9)11-6(10)13-7/h3H,1-2H2. The molecular formula is C7H5Cl3N4O. The quantitative estimate of drug-likeness (QED) is 0.724. The molecule has 0 spiro atoms. The summed E-state index contributed by atoms with van der Waals surface area (Å²) in [5, 5.41) is -0.321. The lowest BCUT2D eigenvalue weighted by atomic mass is 10.4. The van der Waals surface area contributed by atoms with E-state index in [9.17, 15) is 4.79 Å². The summed E-state index contributed by atoms with van der Waals surface area (Å²) in [5.74, 6) is 0.00137. The first kappa shape index (κ1) is 10.9. The van der Waals surface area contributed by atoms with Crippen LogP contribution >= 0.6 is 34.8 Å². The van der Waals surface area contributed by atoms with Crippen LogP contribution in [0.15, 0.2) is 0 Å². The minimum Gasteiger partial charge on any atom is -0.279 e. The summed E-state index contributed by atoms with van der Waals surface area (Å²) in [7, 11) is 0. The fourth-order valence-electron chi connectivity index (χ4n) is 1.29. The highest BCUT2D eigenvalue weighted by Crippen LogP contribution is 2.22.